The molecular weight excluding hydrogens is 248 g/mol. The molecule has 0 spiro atoms. The zero-order valence-electron chi connectivity index (χ0n) is 10.00. The molecule has 1 heterocycles. The van der Waals surface area contributed by atoms with Crippen LogP contribution in [-0.2, 0) is 16.1 Å². The Morgan fingerprint density at radius 3 is 2.53 bits per heavy atom. The van der Waals surface area contributed by atoms with Crippen molar-refractivity contribution < 1.29 is 19.5 Å². The first kappa shape index (κ1) is 12.8. The van der Waals surface area contributed by atoms with E-state index in [-0.39, 0.29) is 25.0 Å². The third-order valence-corrected chi connectivity index (χ3v) is 2.68. The summed E-state index contributed by atoms with van der Waals surface area (Å²) in [6.07, 6.45) is 2.52. The van der Waals surface area contributed by atoms with Crippen molar-refractivity contribution in [3.8, 4) is 0 Å². The molecule has 0 radical (unpaired) electrons. The maximum Gasteiger partial charge on any atom is 0.328 e. The highest BCUT2D eigenvalue weighted by atomic mass is 16.4. The summed E-state index contributed by atoms with van der Waals surface area (Å²) in [5, 5.41) is 10.9. The lowest BCUT2D eigenvalue weighted by Gasteiger charge is -2.12. The van der Waals surface area contributed by atoms with Crippen molar-refractivity contribution in [2.75, 3.05) is 6.54 Å². The summed E-state index contributed by atoms with van der Waals surface area (Å²) in [5.41, 5.74) is 1.54. The van der Waals surface area contributed by atoms with E-state index in [0.717, 1.165) is 22.1 Å². The van der Waals surface area contributed by atoms with Gasteiger partial charge < -0.3 is 10.4 Å². The average molecular weight is 260 g/mol. The van der Waals surface area contributed by atoms with Gasteiger partial charge in [0.1, 0.15) is 0 Å². The fourth-order valence-corrected chi connectivity index (χ4v) is 1.70. The normalized spacial score (nSPS) is 15.1. The van der Waals surface area contributed by atoms with Gasteiger partial charge in [-0.1, -0.05) is 24.3 Å². The number of amides is 3. The second-order valence-electron chi connectivity index (χ2n) is 4.05. The third-order valence-electron chi connectivity index (χ3n) is 2.68. The SMILES string of the molecule is O=C(O)C=Cc1ccc(CN2C(=O)CNC2=O)cc1. The molecule has 0 aromatic heterocycles. The second kappa shape index (κ2) is 5.34. The van der Waals surface area contributed by atoms with Crippen LogP contribution in [0.4, 0.5) is 4.79 Å². The monoisotopic (exact) mass is 260 g/mol. The van der Waals surface area contributed by atoms with Crippen molar-refractivity contribution in [3.05, 3.63) is 41.5 Å². The van der Waals surface area contributed by atoms with Gasteiger partial charge in [-0.05, 0) is 17.2 Å². The van der Waals surface area contributed by atoms with Gasteiger partial charge in [-0.2, -0.15) is 0 Å². The predicted molar refractivity (Wildman–Crippen MR) is 67.1 cm³/mol. The molecule has 1 fully saturated rings. The molecule has 19 heavy (non-hydrogen) atoms. The summed E-state index contributed by atoms with van der Waals surface area (Å²) in [4.78, 5) is 34.3. The maximum atomic E-state index is 11.4. The Kier molecular flexibility index (Phi) is 3.61. The summed E-state index contributed by atoms with van der Waals surface area (Å²) >= 11 is 0. The zero-order valence-corrected chi connectivity index (χ0v) is 10.00. The van der Waals surface area contributed by atoms with Crippen LogP contribution in [-0.4, -0.2) is 34.5 Å². The van der Waals surface area contributed by atoms with Crippen LogP contribution >= 0.6 is 0 Å². The number of nitrogens with zero attached hydrogens (tertiary/aromatic N) is 1. The maximum absolute atomic E-state index is 11.4. The molecule has 6 nitrogen and oxygen atoms in total. The number of rotatable bonds is 4. The van der Waals surface area contributed by atoms with E-state index in [9.17, 15) is 14.4 Å². The number of imide groups is 1. The number of hydrogen-bond acceptors (Lipinski definition) is 3. The highest BCUT2D eigenvalue weighted by molar-refractivity contribution is 6.01. The number of benzene rings is 1. The Morgan fingerprint density at radius 1 is 1.32 bits per heavy atom. The lowest BCUT2D eigenvalue weighted by molar-refractivity contribution is -0.131. The van der Waals surface area contributed by atoms with Gasteiger partial charge in [0.25, 0.3) is 0 Å². The van der Waals surface area contributed by atoms with Crippen molar-refractivity contribution in [1.82, 2.24) is 10.2 Å². The first-order valence-electron chi connectivity index (χ1n) is 5.64. The Hall–Kier alpha value is -2.63. The van der Waals surface area contributed by atoms with Crippen molar-refractivity contribution in [2.24, 2.45) is 0 Å². The molecule has 0 atom stereocenters. The predicted octanol–water partition coefficient (Wildman–Crippen LogP) is 0.836. The summed E-state index contributed by atoms with van der Waals surface area (Å²) in [7, 11) is 0. The molecular formula is C13H12N2O4. The number of carboxylic acids is 1. The first-order valence-corrected chi connectivity index (χ1v) is 5.64. The lowest BCUT2D eigenvalue weighted by atomic mass is 10.1. The van der Waals surface area contributed by atoms with Crippen LogP contribution in [0.5, 0.6) is 0 Å². The third kappa shape index (κ3) is 3.19. The summed E-state index contributed by atoms with van der Waals surface area (Å²) < 4.78 is 0. The van der Waals surface area contributed by atoms with E-state index in [1.54, 1.807) is 24.3 Å². The molecule has 3 amide bonds. The van der Waals surface area contributed by atoms with Gasteiger partial charge in [0.2, 0.25) is 5.91 Å². The fourth-order valence-electron chi connectivity index (χ4n) is 1.70. The lowest BCUT2D eigenvalue weighted by Crippen LogP contribution is -2.30. The molecule has 2 N–H and O–H groups in total. The molecule has 98 valence electrons. The quantitative estimate of drug-likeness (QED) is 0.620. The second-order valence-corrected chi connectivity index (χ2v) is 4.05. The zero-order chi connectivity index (χ0) is 13.8. The Labute approximate surface area is 109 Å². The van der Waals surface area contributed by atoms with E-state index >= 15 is 0 Å². The van der Waals surface area contributed by atoms with Gasteiger partial charge in [-0.3, -0.25) is 9.69 Å². The van der Waals surface area contributed by atoms with Gasteiger partial charge in [0.05, 0.1) is 13.1 Å². The molecule has 1 aliphatic heterocycles. The highest BCUT2D eigenvalue weighted by Gasteiger charge is 2.28. The van der Waals surface area contributed by atoms with Gasteiger partial charge >= 0.3 is 12.0 Å². The molecule has 6 heteroatoms. The van der Waals surface area contributed by atoms with Gasteiger partial charge in [-0.15, -0.1) is 0 Å². The standard InChI is InChI=1S/C13H12N2O4/c16-11-7-14-13(19)15(11)8-10-3-1-9(2-4-10)5-6-12(17)18/h1-6H,7-8H2,(H,14,19)(H,17,18). The number of aliphatic carboxylic acids is 1. The van der Waals surface area contributed by atoms with E-state index in [4.69, 9.17) is 5.11 Å². The Morgan fingerprint density at radius 2 is 2.00 bits per heavy atom. The van der Waals surface area contributed by atoms with Crippen LogP contribution in [0.25, 0.3) is 6.08 Å². The average Bonchev–Trinajstić information content (AvgIpc) is 2.70. The minimum Gasteiger partial charge on any atom is -0.478 e. The molecule has 0 saturated carbocycles. The first-order chi connectivity index (χ1) is 9.06. The molecule has 2 rings (SSSR count). The van der Waals surface area contributed by atoms with E-state index in [1.165, 1.54) is 6.08 Å². The molecule has 1 aromatic rings. The summed E-state index contributed by atoms with van der Waals surface area (Å²) in [6, 6.07) is 6.57. The Balaban J connectivity index is 2.04. The summed E-state index contributed by atoms with van der Waals surface area (Å²) in [5.74, 6) is -1.26. The van der Waals surface area contributed by atoms with Crippen LogP contribution in [0.1, 0.15) is 11.1 Å². The molecule has 0 aliphatic carbocycles. The smallest absolute Gasteiger partial charge is 0.328 e. The largest absolute Gasteiger partial charge is 0.478 e. The fraction of sp³-hybridized carbons (Fsp3) is 0.154. The number of carbonyl (C=O) groups is 3. The minimum absolute atomic E-state index is 0.0399. The number of hydrogen-bond donors (Lipinski definition) is 2. The molecule has 1 aromatic carbocycles. The van der Waals surface area contributed by atoms with E-state index in [0.29, 0.717) is 0 Å². The van der Waals surface area contributed by atoms with Gasteiger partial charge in [-0.25, -0.2) is 9.59 Å². The number of nitrogens with one attached hydrogen (secondary N) is 1. The highest BCUT2D eigenvalue weighted by Crippen LogP contribution is 2.11. The van der Waals surface area contributed by atoms with Crippen molar-refractivity contribution in [1.29, 1.82) is 0 Å². The molecule has 1 saturated heterocycles. The van der Waals surface area contributed by atoms with Gasteiger partial charge in [0.15, 0.2) is 0 Å². The van der Waals surface area contributed by atoms with Crippen LogP contribution < -0.4 is 5.32 Å². The topological polar surface area (TPSA) is 86.7 Å². The number of urea groups is 1. The van der Waals surface area contributed by atoms with E-state index < -0.39 is 5.97 Å². The summed E-state index contributed by atoms with van der Waals surface area (Å²) in [6.45, 7) is 0.256. The van der Waals surface area contributed by atoms with Crippen LogP contribution in [0, 0.1) is 0 Å². The number of carboxylic acid groups (broad SMARTS) is 1. The van der Waals surface area contributed by atoms with Crippen molar-refractivity contribution in [2.45, 2.75) is 6.54 Å². The molecule has 1 aliphatic rings. The van der Waals surface area contributed by atoms with Crippen LogP contribution in [0.2, 0.25) is 0 Å². The molecule has 0 unspecified atom stereocenters. The van der Waals surface area contributed by atoms with E-state index in [1.807, 2.05) is 0 Å². The Bertz CT molecular complexity index is 532. The van der Waals surface area contributed by atoms with E-state index in [2.05, 4.69) is 5.32 Å². The van der Waals surface area contributed by atoms with Crippen LogP contribution in [0.15, 0.2) is 30.3 Å². The number of carbonyl (C=O) groups excluding carboxylic acids is 2. The van der Waals surface area contributed by atoms with Crippen LogP contribution in [0.3, 0.4) is 0 Å². The van der Waals surface area contributed by atoms with Crippen molar-refractivity contribution >= 4 is 24.0 Å². The van der Waals surface area contributed by atoms with Gasteiger partial charge in [0, 0.05) is 6.08 Å². The van der Waals surface area contributed by atoms with Crippen molar-refractivity contribution in [3.63, 3.8) is 0 Å². The minimum atomic E-state index is -1.01. The molecule has 0 bridgehead atoms.